The standard InChI is InChI=1S/C30H52O3.C2H6.CH4/c1-19(2)9-8-10-20(3)24-11-12-25-28-23(18-27(32)33)17-21(4)29(6,15-13-22(5)31)26(28)14-16-30(24,25)7;1-2;/h19-21,23-26,28H,8-18H2,1-7H3,(H,32,33);1-2H3;1H4. The first-order valence-electron chi connectivity index (χ1n) is 15.1. The first-order valence-corrected chi connectivity index (χ1v) is 15.1. The lowest BCUT2D eigenvalue weighted by molar-refractivity contribution is -0.151. The number of carbonyl (C=O) groups is 2. The summed E-state index contributed by atoms with van der Waals surface area (Å²) in [5.74, 6) is 4.52. The molecule has 0 heterocycles. The van der Waals surface area contributed by atoms with E-state index in [-0.39, 0.29) is 12.8 Å². The van der Waals surface area contributed by atoms with E-state index in [9.17, 15) is 14.7 Å². The van der Waals surface area contributed by atoms with Crippen molar-refractivity contribution < 1.29 is 14.7 Å². The van der Waals surface area contributed by atoms with Crippen LogP contribution in [0.15, 0.2) is 0 Å². The van der Waals surface area contributed by atoms with Gasteiger partial charge in [0.15, 0.2) is 0 Å². The summed E-state index contributed by atoms with van der Waals surface area (Å²) in [6.45, 7) is 20.2. The van der Waals surface area contributed by atoms with Crippen molar-refractivity contribution in [1.29, 1.82) is 0 Å². The van der Waals surface area contributed by atoms with Crippen molar-refractivity contribution in [2.75, 3.05) is 0 Å². The number of ketones is 1. The molecule has 0 aromatic rings. The number of aliphatic carboxylic acids is 1. The third kappa shape index (κ3) is 6.96. The van der Waals surface area contributed by atoms with Crippen molar-refractivity contribution in [2.45, 2.75) is 140 Å². The maximum Gasteiger partial charge on any atom is 0.303 e. The quantitative estimate of drug-likeness (QED) is 0.321. The van der Waals surface area contributed by atoms with Gasteiger partial charge in [-0.1, -0.05) is 82.1 Å². The number of hydrogen-bond acceptors (Lipinski definition) is 2. The lowest BCUT2D eigenvalue weighted by Crippen LogP contribution is -2.55. The Morgan fingerprint density at radius 1 is 1.00 bits per heavy atom. The van der Waals surface area contributed by atoms with E-state index in [0.717, 1.165) is 30.6 Å². The van der Waals surface area contributed by atoms with Gasteiger partial charge in [0.25, 0.3) is 0 Å². The minimum absolute atomic E-state index is 0. The fourth-order valence-electron chi connectivity index (χ4n) is 9.21. The molecule has 3 rings (SSSR count). The first-order chi connectivity index (χ1) is 16.4. The van der Waals surface area contributed by atoms with Gasteiger partial charge in [-0.2, -0.15) is 0 Å². The Bertz CT molecular complexity index is 699. The Morgan fingerprint density at radius 2 is 1.64 bits per heavy atom. The maximum atomic E-state index is 11.9. The molecule has 9 atom stereocenters. The van der Waals surface area contributed by atoms with Gasteiger partial charge < -0.3 is 9.90 Å². The molecule has 0 bridgehead atoms. The highest BCUT2D eigenvalue weighted by Crippen LogP contribution is 2.68. The first kappa shape index (κ1) is 33.2. The van der Waals surface area contributed by atoms with E-state index in [2.05, 4.69) is 41.5 Å². The highest BCUT2D eigenvalue weighted by atomic mass is 16.4. The molecule has 3 nitrogen and oxygen atoms in total. The molecule has 3 saturated carbocycles. The van der Waals surface area contributed by atoms with Crippen molar-refractivity contribution in [1.82, 2.24) is 0 Å². The topological polar surface area (TPSA) is 54.4 Å². The number of fused-ring (bicyclic) bond motifs is 3. The third-order valence-corrected chi connectivity index (χ3v) is 11.2. The average molecular weight is 507 g/mol. The Hall–Kier alpha value is -0.860. The van der Waals surface area contributed by atoms with Crippen LogP contribution in [-0.2, 0) is 9.59 Å². The normalized spacial score (nSPS) is 38.2. The van der Waals surface area contributed by atoms with E-state index < -0.39 is 5.97 Å². The molecular formula is C33H62O3. The molecule has 0 aliphatic heterocycles. The van der Waals surface area contributed by atoms with Crippen LogP contribution in [0, 0.1) is 58.2 Å². The molecule has 1 N–H and O–H groups in total. The molecule has 3 aliphatic carbocycles. The van der Waals surface area contributed by atoms with Crippen LogP contribution < -0.4 is 0 Å². The fourth-order valence-corrected chi connectivity index (χ4v) is 9.21. The van der Waals surface area contributed by atoms with Crippen LogP contribution in [0.2, 0.25) is 0 Å². The predicted octanol–water partition coefficient (Wildman–Crippen LogP) is 9.68. The highest BCUT2D eigenvalue weighted by Gasteiger charge is 2.61. The van der Waals surface area contributed by atoms with Crippen LogP contribution in [0.3, 0.4) is 0 Å². The molecule has 3 fully saturated rings. The van der Waals surface area contributed by atoms with Crippen molar-refractivity contribution in [3.63, 3.8) is 0 Å². The third-order valence-electron chi connectivity index (χ3n) is 11.2. The molecular weight excluding hydrogens is 444 g/mol. The molecule has 36 heavy (non-hydrogen) atoms. The van der Waals surface area contributed by atoms with Crippen LogP contribution in [0.4, 0.5) is 0 Å². The molecule has 3 aliphatic rings. The van der Waals surface area contributed by atoms with Gasteiger partial charge in [0.05, 0.1) is 0 Å². The van der Waals surface area contributed by atoms with Gasteiger partial charge in [-0.05, 0) is 104 Å². The minimum Gasteiger partial charge on any atom is -0.481 e. The van der Waals surface area contributed by atoms with Crippen molar-refractivity contribution in [3.8, 4) is 0 Å². The summed E-state index contributed by atoms with van der Waals surface area (Å²) in [6.07, 6.45) is 12.1. The minimum atomic E-state index is -0.623. The largest absolute Gasteiger partial charge is 0.481 e. The highest BCUT2D eigenvalue weighted by molar-refractivity contribution is 5.75. The van der Waals surface area contributed by atoms with Gasteiger partial charge >= 0.3 is 5.97 Å². The lowest BCUT2D eigenvalue weighted by Gasteiger charge is -2.61. The Balaban J connectivity index is 0.00000211. The zero-order valence-electron chi connectivity index (χ0n) is 24.7. The molecule has 0 aromatic heterocycles. The van der Waals surface area contributed by atoms with Crippen molar-refractivity contribution in [2.24, 2.45) is 58.2 Å². The second-order valence-electron chi connectivity index (χ2n) is 13.5. The summed E-state index contributed by atoms with van der Waals surface area (Å²) >= 11 is 0. The van der Waals surface area contributed by atoms with Gasteiger partial charge in [-0.3, -0.25) is 4.79 Å². The maximum absolute atomic E-state index is 11.9. The van der Waals surface area contributed by atoms with Crippen LogP contribution in [0.1, 0.15) is 140 Å². The van der Waals surface area contributed by atoms with Crippen LogP contribution in [0.25, 0.3) is 0 Å². The summed E-state index contributed by atoms with van der Waals surface area (Å²) in [7, 11) is 0. The Morgan fingerprint density at radius 3 is 2.19 bits per heavy atom. The SMILES string of the molecule is C.CC.CC(=O)CCC1(C)C(C)CC(CC(=O)O)C2C1CCC1(C)C(C(C)CCCC(C)C)CCC21. The van der Waals surface area contributed by atoms with Crippen LogP contribution >= 0.6 is 0 Å². The molecule has 0 saturated heterocycles. The molecule has 0 amide bonds. The van der Waals surface area contributed by atoms with E-state index in [1.165, 1.54) is 44.9 Å². The average Bonchev–Trinajstić information content (AvgIpc) is 3.13. The number of Topliss-reactive ketones (excluding diaryl/α,β-unsaturated/α-hetero) is 1. The monoisotopic (exact) mass is 506 g/mol. The van der Waals surface area contributed by atoms with Crippen molar-refractivity contribution in [3.05, 3.63) is 0 Å². The van der Waals surface area contributed by atoms with Gasteiger partial charge in [0, 0.05) is 12.8 Å². The van der Waals surface area contributed by atoms with Gasteiger partial charge in [0.2, 0.25) is 0 Å². The Kier molecular flexibility index (Phi) is 12.7. The second kappa shape index (κ2) is 13.8. The number of carboxylic acid groups (broad SMARTS) is 1. The zero-order chi connectivity index (χ0) is 26.6. The molecule has 9 unspecified atom stereocenters. The summed E-state index contributed by atoms with van der Waals surface area (Å²) in [5.41, 5.74) is 0.519. The zero-order valence-corrected chi connectivity index (χ0v) is 24.7. The van der Waals surface area contributed by atoms with E-state index in [0.29, 0.717) is 53.6 Å². The fraction of sp³-hybridized carbons (Fsp3) is 0.939. The van der Waals surface area contributed by atoms with Crippen LogP contribution in [-0.4, -0.2) is 16.9 Å². The second-order valence-corrected chi connectivity index (χ2v) is 13.5. The number of hydrogen-bond donors (Lipinski definition) is 1. The molecule has 0 aromatic carbocycles. The smallest absolute Gasteiger partial charge is 0.303 e. The number of rotatable bonds is 10. The summed E-state index contributed by atoms with van der Waals surface area (Å²) < 4.78 is 0. The summed E-state index contributed by atoms with van der Waals surface area (Å²) in [5, 5.41) is 9.79. The van der Waals surface area contributed by atoms with E-state index in [1.807, 2.05) is 13.8 Å². The number of carboxylic acids is 1. The van der Waals surface area contributed by atoms with E-state index in [4.69, 9.17) is 0 Å². The number of carbonyl (C=O) groups excluding carboxylic acids is 1. The van der Waals surface area contributed by atoms with E-state index in [1.54, 1.807) is 6.92 Å². The Labute approximate surface area is 225 Å². The van der Waals surface area contributed by atoms with Gasteiger partial charge in [-0.15, -0.1) is 0 Å². The molecule has 0 spiro atoms. The van der Waals surface area contributed by atoms with Crippen molar-refractivity contribution >= 4 is 11.8 Å². The summed E-state index contributed by atoms with van der Waals surface area (Å²) in [6, 6.07) is 0. The van der Waals surface area contributed by atoms with Crippen LogP contribution in [0.5, 0.6) is 0 Å². The lowest BCUT2D eigenvalue weighted by atomic mass is 9.43. The molecule has 212 valence electrons. The summed E-state index contributed by atoms with van der Waals surface area (Å²) in [4.78, 5) is 23.8. The van der Waals surface area contributed by atoms with Gasteiger partial charge in [0.1, 0.15) is 5.78 Å². The molecule has 3 heteroatoms. The molecule has 0 radical (unpaired) electrons. The predicted molar refractivity (Wildman–Crippen MR) is 154 cm³/mol. The van der Waals surface area contributed by atoms with E-state index >= 15 is 0 Å². The van der Waals surface area contributed by atoms with Gasteiger partial charge in [-0.25, -0.2) is 0 Å².